The van der Waals surface area contributed by atoms with E-state index < -0.39 is 10.0 Å². The first-order valence-corrected chi connectivity index (χ1v) is 13.2. The van der Waals surface area contributed by atoms with E-state index in [4.69, 9.17) is 4.98 Å². The van der Waals surface area contributed by atoms with Crippen molar-refractivity contribution in [2.45, 2.75) is 44.7 Å². The first-order chi connectivity index (χ1) is 16.6. The number of sulfonamides is 1. The SMILES string of the molecule is Cc1cc(NS(=O)(=O)c2ccn(C)n2)c2c(-c3cc(N4CCCC4)ccc3F)cn(C(C)C)c2n1. The molecule has 0 saturated carbocycles. The number of hydrogen-bond acceptors (Lipinski definition) is 5. The number of fused-ring (bicyclic) bond motifs is 1. The van der Waals surface area contributed by atoms with Crippen LogP contribution >= 0.6 is 0 Å². The number of anilines is 2. The molecular weight excluding hydrogens is 467 g/mol. The maximum atomic E-state index is 15.3. The molecule has 0 unspecified atom stereocenters. The van der Waals surface area contributed by atoms with Gasteiger partial charge in [-0.15, -0.1) is 0 Å². The monoisotopic (exact) mass is 496 g/mol. The van der Waals surface area contributed by atoms with Crippen molar-refractivity contribution < 1.29 is 12.8 Å². The number of halogens is 1. The number of hydrogen-bond donors (Lipinski definition) is 1. The molecular formula is C25H29FN6O2S. The molecule has 1 fully saturated rings. The summed E-state index contributed by atoms with van der Waals surface area (Å²) >= 11 is 0. The fourth-order valence-corrected chi connectivity index (χ4v) is 5.71. The fraction of sp³-hybridized carbons (Fsp3) is 0.360. The van der Waals surface area contributed by atoms with Crippen molar-refractivity contribution >= 4 is 32.4 Å². The van der Waals surface area contributed by atoms with E-state index in [1.54, 1.807) is 25.4 Å². The number of rotatable bonds is 6. The number of nitrogens with zero attached hydrogens (tertiary/aromatic N) is 5. The van der Waals surface area contributed by atoms with Crippen molar-refractivity contribution in [3.05, 3.63) is 54.2 Å². The molecule has 0 aliphatic carbocycles. The van der Waals surface area contributed by atoms with Crippen molar-refractivity contribution in [1.29, 1.82) is 0 Å². The van der Waals surface area contributed by atoms with Gasteiger partial charge in [-0.2, -0.15) is 13.5 Å². The average molecular weight is 497 g/mol. The number of aromatic nitrogens is 4. The van der Waals surface area contributed by atoms with Crippen molar-refractivity contribution in [3.8, 4) is 11.1 Å². The third-order valence-electron chi connectivity index (χ3n) is 6.39. The highest BCUT2D eigenvalue weighted by Crippen LogP contribution is 2.40. The standard InChI is InChI=1S/C25H29FN6O2S/c1-16(2)32-15-20(19-14-18(7-8-21(19)26)31-10-5-6-11-31)24-22(13-17(3)27-25(24)32)29-35(33,34)23-9-12-30(4)28-23/h7-9,12-16H,5-6,10-11H2,1-4H3,(H,27,29). The molecule has 1 aromatic carbocycles. The minimum absolute atomic E-state index is 0.0330. The summed E-state index contributed by atoms with van der Waals surface area (Å²) in [5, 5.41) is 4.51. The average Bonchev–Trinajstić information content (AvgIpc) is 3.53. The first-order valence-electron chi connectivity index (χ1n) is 11.7. The van der Waals surface area contributed by atoms with Crippen LogP contribution in [0, 0.1) is 12.7 Å². The predicted octanol–water partition coefficient (Wildman–Crippen LogP) is 4.87. The minimum Gasteiger partial charge on any atom is -0.372 e. The smallest absolute Gasteiger partial charge is 0.281 e. The Bertz CT molecular complexity index is 1520. The Kier molecular flexibility index (Phi) is 5.79. The van der Waals surface area contributed by atoms with Gasteiger partial charge in [0.1, 0.15) is 11.5 Å². The van der Waals surface area contributed by atoms with Crippen LogP contribution in [0.3, 0.4) is 0 Å². The van der Waals surface area contributed by atoms with Crippen LogP contribution in [0.2, 0.25) is 0 Å². The maximum Gasteiger partial charge on any atom is 0.281 e. The molecule has 0 spiro atoms. The van der Waals surface area contributed by atoms with E-state index in [-0.39, 0.29) is 16.9 Å². The Balaban J connectivity index is 1.73. The first kappa shape index (κ1) is 23.3. The molecule has 0 amide bonds. The predicted molar refractivity (Wildman–Crippen MR) is 136 cm³/mol. The van der Waals surface area contributed by atoms with Crippen molar-refractivity contribution in [1.82, 2.24) is 19.3 Å². The summed E-state index contributed by atoms with van der Waals surface area (Å²) in [6, 6.07) is 8.30. The van der Waals surface area contributed by atoms with E-state index in [1.165, 1.54) is 16.8 Å². The second kappa shape index (κ2) is 8.67. The molecule has 0 bridgehead atoms. The van der Waals surface area contributed by atoms with Crippen molar-refractivity contribution in [2.24, 2.45) is 7.05 Å². The van der Waals surface area contributed by atoms with Crippen molar-refractivity contribution in [3.63, 3.8) is 0 Å². The summed E-state index contributed by atoms with van der Waals surface area (Å²) in [5.74, 6) is -0.366. The normalized spacial score (nSPS) is 14.4. The van der Waals surface area contributed by atoms with Gasteiger partial charge in [0.05, 0.1) is 11.1 Å². The Morgan fingerprint density at radius 1 is 1.09 bits per heavy atom. The molecule has 8 nitrogen and oxygen atoms in total. The molecule has 3 aromatic heterocycles. The highest BCUT2D eigenvalue weighted by atomic mass is 32.2. The van der Waals surface area contributed by atoms with Gasteiger partial charge in [-0.25, -0.2) is 9.37 Å². The number of pyridine rings is 1. The highest BCUT2D eigenvalue weighted by molar-refractivity contribution is 7.92. The third kappa shape index (κ3) is 4.27. The molecule has 0 atom stereocenters. The lowest BCUT2D eigenvalue weighted by molar-refractivity contribution is 0.593. The lowest BCUT2D eigenvalue weighted by Crippen LogP contribution is -2.17. The zero-order chi connectivity index (χ0) is 24.9. The summed E-state index contributed by atoms with van der Waals surface area (Å²) in [6.45, 7) is 7.72. The van der Waals surface area contributed by atoms with Gasteiger partial charge in [-0.05, 0) is 63.9 Å². The molecule has 1 N–H and O–H groups in total. The summed E-state index contributed by atoms with van der Waals surface area (Å²) in [4.78, 5) is 6.96. The summed E-state index contributed by atoms with van der Waals surface area (Å²) in [6.07, 6.45) is 5.67. The molecule has 4 aromatic rings. The summed E-state index contributed by atoms with van der Waals surface area (Å²) in [5.41, 5.74) is 3.56. The van der Waals surface area contributed by atoms with E-state index in [9.17, 15) is 8.42 Å². The van der Waals surface area contributed by atoms with E-state index in [0.717, 1.165) is 31.6 Å². The van der Waals surface area contributed by atoms with Gasteiger partial charge in [0, 0.05) is 61.1 Å². The lowest BCUT2D eigenvalue weighted by Gasteiger charge is -2.19. The topological polar surface area (TPSA) is 85.0 Å². The molecule has 0 radical (unpaired) electrons. The van der Waals surface area contributed by atoms with Crippen LogP contribution in [-0.4, -0.2) is 40.8 Å². The molecule has 184 valence electrons. The van der Waals surface area contributed by atoms with Gasteiger partial charge >= 0.3 is 0 Å². The molecule has 1 aliphatic heterocycles. The van der Waals surface area contributed by atoms with Crippen LogP contribution in [-0.2, 0) is 17.1 Å². The van der Waals surface area contributed by atoms with Gasteiger partial charge in [-0.1, -0.05) is 0 Å². The van der Waals surface area contributed by atoms with Crippen LogP contribution < -0.4 is 9.62 Å². The number of nitrogens with one attached hydrogen (secondary N) is 1. The minimum atomic E-state index is -3.96. The van der Waals surface area contributed by atoms with Crippen LogP contribution in [0.25, 0.3) is 22.2 Å². The number of benzene rings is 1. The van der Waals surface area contributed by atoms with Crippen molar-refractivity contribution in [2.75, 3.05) is 22.7 Å². The largest absolute Gasteiger partial charge is 0.372 e. The molecule has 1 aliphatic rings. The lowest BCUT2D eigenvalue weighted by atomic mass is 10.0. The van der Waals surface area contributed by atoms with Gasteiger partial charge in [0.25, 0.3) is 10.0 Å². The fourth-order valence-electron chi connectivity index (χ4n) is 4.68. The molecule has 1 saturated heterocycles. The number of aryl methyl sites for hydroxylation is 2. The Morgan fingerprint density at radius 2 is 1.83 bits per heavy atom. The second-order valence-electron chi connectivity index (χ2n) is 9.35. The maximum absolute atomic E-state index is 15.3. The van der Waals surface area contributed by atoms with Crippen LogP contribution in [0.15, 0.2) is 47.8 Å². The zero-order valence-corrected chi connectivity index (χ0v) is 21.1. The molecule has 10 heteroatoms. The van der Waals surface area contributed by atoms with Gasteiger partial charge in [0.2, 0.25) is 0 Å². The Labute approximate surface area is 204 Å². The van der Waals surface area contributed by atoms with E-state index >= 15 is 4.39 Å². The summed E-state index contributed by atoms with van der Waals surface area (Å²) < 4.78 is 47.7. The molecule has 35 heavy (non-hydrogen) atoms. The van der Waals surface area contributed by atoms with Crippen LogP contribution in [0.4, 0.5) is 15.8 Å². The van der Waals surface area contributed by atoms with Crippen LogP contribution in [0.1, 0.15) is 38.4 Å². The van der Waals surface area contributed by atoms with Gasteiger partial charge in [0.15, 0.2) is 5.03 Å². The highest BCUT2D eigenvalue weighted by Gasteiger charge is 2.25. The van der Waals surface area contributed by atoms with E-state index in [0.29, 0.717) is 33.5 Å². The van der Waals surface area contributed by atoms with Gasteiger partial charge < -0.3 is 9.47 Å². The third-order valence-corrected chi connectivity index (χ3v) is 7.64. The Hall–Kier alpha value is -3.40. The summed E-state index contributed by atoms with van der Waals surface area (Å²) in [7, 11) is -2.31. The molecule has 4 heterocycles. The van der Waals surface area contributed by atoms with Gasteiger partial charge in [-0.3, -0.25) is 9.40 Å². The second-order valence-corrected chi connectivity index (χ2v) is 11.0. The quantitative estimate of drug-likeness (QED) is 0.412. The van der Waals surface area contributed by atoms with E-state index in [1.807, 2.05) is 37.6 Å². The zero-order valence-electron chi connectivity index (χ0n) is 20.3. The Morgan fingerprint density at radius 3 is 2.49 bits per heavy atom. The van der Waals surface area contributed by atoms with Crippen LogP contribution in [0.5, 0.6) is 0 Å². The van der Waals surface area contributed by atoms with E-state index in [2.05, 4.69) is 14.7 Å². The molecule has 5 rings (SSSR count).